The van der Waals surface area contributed by atoms with Gasteiger partial charge < -0.3 is 9.30 Å². The Morgan fingerprint density at radius 2 is 1.93 bits per heavy atom. The van der Waals surface area contributed by atoms with E-state index < -0.39 is 18.5 Å². The molecule has 0 atom stereocenters. The van der Waals surface area contributed by atoms with Crippen LogP contribution in [0.25, 0.3) is 22.3 Å². The van der Waals surface area contributed by atoms with Crippen molar-refractivity contribution in [3.05, 3.63) is 65.3 Å². The van der Waals surface area contributed by atoms with Crippen molar-refractivity contribution in [3.8, 4) is 11.3 Å². The molecule has 0 aliphatic heterocycles. The Hall–Kier alpha value is -3.23. The zero-order chi connectivity index (χ0) is 20.2. The Labute approximate surface area is 174 Å². The molecule has 0 unspecified atom stereocenters. The molecule has 0 radical (unpaired) electrons. The fourth-order valence-electron chi connectivity index (χ4n) is 2.75. The number of nitrogens with zero attached hydrogens (tertiary/aromatic N) is 3. The van der Waals surface area contributed by atoms with Crippen LogP contribution in [-0.4, -0.2) is 33.0 Å². The number of para-hydroxylation sites is 2. The zero-order valence-electron chi connectivity index (χ0n) is 15.0. The highest BCUT2D eigenvalue weighted by Gasteiger charge is 2.13. The maximum atomic E-state index is 12.1. The fourth-order valence-corrected chi connectivity index (χ4v) is 3.71. The number of ether oxygens (including phenoxy) is 1. The third-order valence-corrected chi connectivity index (χ3v) is 5.18. The van der Waals surface area contributed by atoms with Gasteiger partial charge in [0, 0.05) is 16.0 Å². The van der Waals surface area contributed by atoms with Crippen LogP contribution in [-0.2, 0) is 20.9 Å². The number of rotatable bonds is 6. The Bertz CT molecular complexity index is 1190. The Morgan fingerprint density at radius 1 is 1.14 bits per heavy atom. The third kappa shape index (κ3) is 4.44. The SMILES string of the molecule is O=C(COC(=O)Cn1cnc2ccccc21)Nc1nc(-c2ccccc2Cl)cs1. The van der Waals surface area contributed by atoms with Crippen LogP contribution in [0.15, 0.2) is 60.2 Å². The number of fused-ring (bicyclic) bond motifs is 1. The number of hydrogen-bond donors (Lipinski definition) is 1. The molecule has 0 aliphatic carbocycles. The molecule has 0 saturated carbocycles. The molecule has 7 nitrogen and oxygen atoms in total. The number of benzene rings is 2. The van der Waals surface area contributed by atoms with Crippen LogP contribution in [0, 0.1) is 0 Å². The Morgan fingerprint density at radius 3 is 2.79 bits per heavy atom. The molecule has 146 valence electrons. The lowest BCUT2D eigenvalue weighted by Crippen LogP contribution is -2.22. The molecule has 0 aliphatic rings. The van der Waals surface area contributed by atoms with Crippen molar-refractivity contribution in [2.45, 2.75) is 6.54 Å². The number of anilines is 1. The van der Waals surface area contributed by atoms with Crippen molar-refractivity contribution in [3.63, 3.8) is 0 Å². The van der Waals surface area contributed by atoms with E-state index in [0.717, 1.165) is 16.6 Å². The number of amides is 1. The van der Waals surface area contributed by atoms with Crippen molar-refractivity contribution in [1.29, 1.82) is 0 Å². The maximum absolute atomic E-state index is 12.1. The number of thiazole rings is 1. The molecule has 2 aromatic heterocycles. The van der Waals surface area contributed by atoms with E-state index in [1.807, 2.05) is 42.5 Å². The Balaban J connectivity index is 1.31. The number of aromatic nitrogens is 3. The van der Waals surface area contributed by atoms with Crippen LogP contribution in [0.1, 0.15) is 0 Å². The van der Waals surface area contributed by atoms with Crippen LogP contribution in [0.5, 0.6) is 0 Å². The van der Waals surface area contributed by atoms with Gasteiger partial charge in [-0.1, -0.05) is 41.9 Å². The van der Waals surface area contributed by atoms with Gasteiger partial charge in [-0.2, -0.15) is 0 Å². The summed E-state index contributed by atoms with van der Waals surface area (Å²) in [6, 6.07) is 14.8. The molecule has 2 heterocycles. The Kier molecular flexibility index (Phi) is 5.55. The molecule has 29 heavy (non-hydrogen) atoms. The van der Waals surface area contributed by atoms with E-state index in [4.69, 9.17) is 16.3 Å². The normalized spacial score (nSPS) is 10.8. The van der Waals surface area contributed by atoms with Crippen LogP contribution in [0.3, 0.4) is 0 Å². The number of halogens is 1. The highest BCUT2D eigenvalue weighted by molar-refractivity contribution is 7.14. The number of imidazole rings is 1. The van der Waals surface area contributed by atoms with Gasteiger partial charge in [-0.05, 0) is 18.2 Å². The topological polar surface area (TPSA) is 86.1 Å². The van der Waals surface area contributed by atoms with E-state index in [0.29, 0.717) is 15.8 Å². The standard InChI is InChI=1S/C20H15ClN4O3S/c21-14-6-2-1-5-13(14)16-11-29-20(23-16)24-18(26)10-28-19(27)9-25-12-22-15-7-3-4-8-17(15)25/h1-8,11-12H,9-10H2,(H,23,24,26). The molecule has 0 bridgehead atoms. The lowest BCUT2D eigenvalue weighted by atomic mass is 10.2. The van der Waals surface area contributed by atoms with Gasteiger partial charge >= 0.3 is 5.97 Å². The van der Waals surface area contributed by atoms with E-state index in [1.165, 1.54) is 11.3 Å². The van der Waals surface area contributed by atoms with Crippen molar-refractivity contribution in [2.24, 2.45) is 0 Å². The average Bonchev–Trinajstić information content (AvgIpc) is 3.34. The van der Waals surface area contributed by atoms with Crippen molar-refractivity contribution in [1.82, 2.24) is 14.5 Å². The molecule has 4 rings (SSSR count). The molecule has 1 amide bonds. The lowest BCUT2D eigenvalue weighted by Gasteiger charge is -2.06. The summed E-state index contributed by atoms with van der Waals surface area (Å²) in [5.41, 5.74) is 3.06. The molecule has 1 N–H and O–H groups in total. The fraction of sp³-hybridized carbons (Fsp3) is 0.100. The van der Waals surface area contributed by atoms with Crippen LogP contribution in [0.2, 0.25) is 5.02 Å². The number of carbonyl (C=O) groups is 2. The number of esters is 1. The van der Waals surface area contributed by atoms with Gasteiger partial charge in [0.15, 0.2) is 11.7 Å². The summed E-state index contributed by atoms with van der Waals surface area (Å²) in [4.78, 5) is 32.7. The van der Waals surface area contributed by atoms with Gasteiger partial charge in [-0.15, -0.1) is 11.3 Å². The van der Waals surface area contributed by atoms with Gasteiger partial charge in [0.05, 0.1) is 23.1 Å². The minimum absolute atomic E-state index is 0.0261. The highest BCUT2D eigenvalue weighted by atomic mass is 35.5. The molecule has 0 fully saturated rings. The quantitative estimate of drug-likeness (QED) is 0.471. The molecule has 9 heteroatoms. The van der Waals surface area contributed by atoms with E-state index in [1.54, 1.807) is 22.3 Å². The first-order valence-electron chi connectivity index (χ1n) is 8.66. The van der Waals surface area contributed by atoms with Crippen LogP contribution >= 0.6 is 22.9 Å². The summed E-state index contributed by atoms with van der Waals surface area (Å²) in [6.45, 7) is -0.422. The number of nitrogens with one attached hydrogen (secondary N) is 1. The molecule has 0 spiro atoms. The lowest BCUT2D eigenvalue weighted by molar-refractivity contribution is -0.147. The summed E-state index contributed by atoms with van der Waals surface area (Å²) in [5.74, 6) is -0.993. The predicted molar refractivity (Wildman–Crippen MR) is 112 cm³/mol. The summed E-state index contributed by atoms with van der Waals surface area (Å²) < 4.78 is 6.74. The first-order chi connectivity index (χ1) is 14.1. The third-order valence-electron chi connectivity index (χ3n) is 4.09. The van der Waals surface area contributed by atoms with E-state index >= 15 is 0 Å². The largest absolute Gasteiger partial charge is 0.454 e. The van der Waals surface area contributed by atoms with Gasteiger partial charge in [-0.25, -0.2) is 9.97 Å². The summed E-state index contributed by atoms with van der Waals surface area (Å²) in [5, 5.41) is 5.41. The zero-order valence-corrected chi connectivity index (χ0v) is 16.6. The summed E-state index contributed by atoms with van der Waals surface area (Å²) in [6.07, 6.45) is 1.57. The highest BCUT2D eigenvalue weighted by Crippen LogP contribution is 2.30. The second-order valence-electron chi connectivity index (χ2n) is 6.09. The van der Waals surface area contributed by atoms with Crippen molar-refractivity contribution in [2.75, 3.05) is 11.9 Å². The van der Waals surface area contributed by atoms with E-state index in [9.17, 15) is 9.59 Å². The average molecular weight is 427 g/mol. The van der Waals surface area contributed by atoms with Crippen molar-refractivity contribution >= 4 is 51.0 Å². The van der Waals surface area contributed by atoms with Gasteiger partial charge in [0.2, 0.25) is 0 Å². The van der Waals surface area contributed by atoms with Crippen LogP contribution < -0.4 is 5.32 Å². The van der Waals surface area contributed by atoms with E-state index in [-0.39, 0.29) is 6.54 Å². The molecular weight excluding hydrogens is 412 g/mol. The molecule has 0 saturated heterocycles. The van der Waals surface area contributed by atoms with Gasteiger partial charge in [0.25, 0.3) is 5.91 Å². The molecular formula is C20H15ClN4O3S. The first kappa shape index (κ1) is 19.1. The summed E-state index contributed by atoms with van der Waals surface area (Å²) in [7, 11) is 0. The number of carbonyl (C=O) groups excluding carboxylic acids is 2. The maximum Gasteiger partial charge on any atom is 0.326 e. The summed E-state index contributed by atoms with van der Waals surface area (Å²) >= 11 is 7.43. The van der Waals surface area contributed by atoms with Crippen LogP contribution in [0.4, 0.5) is 5.13 Å². The van der Waals surface area contributed by atoms with Gasteiger partial charge in [0.1, 0.15) is 6.54 Å². The number of hydrogen-bond acceptors (Lipinski definition) is 6. The van der Waals surface area contributed by atoms with Crippen molar-refractivity contribution < 1.29 is 14.3 Å². The molecule has 4 aromatic rings. The van der Waals surface area contributed by atoms with E-state index in [2.05, 4.69) is 15.3 Å². The van der Waals surface area contributed by atoms with Gasteiger partial charge in [-0.3, -0.25) is 14.9 Å². The minimum atomic E-state index is -0.529. The monoisotopic (exact) mass is 426 g/mol. The second-order valence-corrected chi connectivity index (χ2v) is 7.35. The first-order valence-corrected chi connectivity index (χ1v) is 9.92. The molecule has 2 aromatic carbocycles. The predicted octanol–water partition coefficient (Wildman–Crippen LogP) is 4.00. The minimum Gasteiger partial charge on any atom is -0.454 e. The second kappa shape index (κ2) is 8.42. The smallest absolute Gasteiger partial charge is 0.326 e.